The first kappa shape index (κ1) is 16.2. The zero-order valence-corrected chi connectivity index (χ0v) is 14.6. The number of aryl methyl sites for hydroxylation is 1. The molecule has 1 aromatic carbocycles. The van der Waals surface area contributed by atoms with E-state index < -0.39 is 0 Å². The van der Waals surface area contributed by atoms with Crippen LogP contribution in [0.4, 0.5) is 0 Å². The average molecular weight is 312 g/mol. The minimum atomic E-state index is 0.0919. The minimum absolute atomic E-state index is 0.0919. The van der Waals surface area contributed by atoms with Gasteiger partial charge in [0.1, 0.15) is 17.6 Å². The van der Waals surface area contributed by atoms with Gasteiger partial charge in [-0.05, 0) is 80.2 Å². The van der Waals surface area contributed by atoms with Crippen LogP contribution >= 0.6 is 0 Å². The van der Waals surface area contributed by atoms with Crippen LogP contribution in [0.5, 0.6) is 11.5 Å². The monoisotopic (exact) mass is 312 g/mol. The van der Waals surface area contributed by atoms with Gasteiger partial charge in [-0.25, -0.2) is 0 Å². The second-order valence-corrected chi connectivity index (χ2v) is 7.84. The number of fused-ring (bicyclic) bond motifs is 1. The molecule has 2 unspecified atom stereocenters. The van der Waals surface area contributed by atoms with Gasteiger partial charge in [0.25, 0.3) is 0 Å². The molecule has 1 aliphatic heterocycles. The van der Waals surface area contributed by atoms with E-state index in [2.05, 4.69) is 26.5 Å². The highest BCUT2D eigenvalue weighted by Crippen LogP contribution is 2.46. The Morgan fingerprint density at radius 3 is 2.83 bits per heavy atom. The highest BCUT2D eigenvalue weighted by Gasteiger charge is 2.34. The van der Waals surface area contributed by atoms with Crippen molar-refractivity contribution in [2.24, 2.45) is 11.3 Å². The molecular formula is C21H28O2. The first-order valence-electron chi connectivity index (χ1n) is 8.73. The SMILES string of the molecule is C=C1CCCC(C)(C)C1CCC1C=Cc2c(O)cc(C)cc2O1. The molecule has 0 aromatic heterocycles. The maximum Gasteiger partial charge on any atom is 0.131 e. The Balaban J connectivity index is 1.68. The zero-order valence-electron chi connectivity index (χ0n) is 14.6. The molecule has 1 heterocycles. The number of ether oxygens (including phenoxy) is 1. The lowest BCUT2D eigenvalue weighted by atomic mass is 9.65. The van der Waals surface area contributed by atoms with Gasteiger partial charge in [0.15, 0.2) is 0 Å². The molecule has 2 nitrogen and oxygen atoms in total. The van der Waals surface area contributed by atoms with Crippen LogP contribution in [-0.4, -0.2) is 11.2 Å². The lowest BCUT2D eigenvalue weighted by molar-refractivity contribution is 0.154. The third-order valence-electron chi connectivity index (χ3n) is 5.52. The lowest BCUT2D eigenvalue weighted by Gasteiger charge is -2.41. The Morgan fingerprint density at radius 1 is 1.30 bits per heavy atom. The van der Waals surface area contributed by atoms with Crippen LogP contribution in [0.25, 0.3) is 6.08 Å². The second-order valence-electron chi connectivity index (χ2n) is 7.84. The smallest absolute Gasteiger partial charge is 0.131 e. The molecule has 124 valence electrons. The molecule has 0 bridgehead atoms. The molecule has 23 heavy (non-hydrogen) atoms. The molecule has 1 N–H and O–H groups in total. The Labute approximate surface area is 139 Å². The highest BCUT2D eigenvalue weighted by molar-refractivity contribution is 5.66. The number of allylic oxidation sites excluding steroid dienone is 1. The fourth-order valence-electron chi connectivity index (χ4n) is 4.17. The van der Waals surface area contributed by atoms with E-state index in [1.165, 1.54) is 24.8 Å². The number of aromatic hydroxyl groups is 1. The molecule has 1 saturated carbocycles. The van der Waals surface area contributed by atoms with Crippen molar-refractivity contribution >= 4 is 6.08 Å². The Kier molecular flexibility index (Phi) is 4.27. The molecule has 0 spiro atoms. The summed E-state index contributed by atoms with van der Waals surface area (Å²) in [7, 11) is 0. The van der Waals surface area contributed by atoms with Gasteiger partial charge in [0.05, 0.1) is 5.56 Å². The van der Waals surface area contributed by atoms with E-state index >= 15 is 0 Å². The number of rotatable bonds is 3. The van der Waals surface area contributed by atoms with E-state index in [0.717, 1.165) is 29.7 Å². The molecule has 1 fully saturated rings. The fourth-order valence-corrected chi connectivity index (χ4v) is 4.17. The Morgan fingerprint density at radius 2 is 2.09 bits per heavy atom. The van der Waals surface area contributed by atoms with E-state index in [4.69, 9.17) is 4.74 Å². The van der Waals surface area contributed by atoms with E-state index in [-0.39, 0.29) is 6.10 Å². The predicted molar refractivity (Wildman–Crippen MR) is 95.8 cm³/mol. The van der Waals surface area contributed by atoms with Crippen LogP contribution in [-0.2, 0) is 0 Å². The van der Waals surface area contributed by atoms with E-state index in [1.807, 2.05) is 19.1 Å². The lowest BCUT2D eigenvalue weighted by Crippen LogP contribution is -2.31. The zero-order chi connectivity index (χ0) is 16.6. The standard InChI is InChI=1S/C21H28O2/c1-14-12-19(22)17-9-7-16(23-20(17)13-14)8-10-18-15(2)6-5-11-21(18,3)4/h7,9,12-13,16,18,22H,2,5-6,8,10-11H2,1,3-4H3. The van der Waals surface area contributed by atoms with Crippen LogP contribution in [0.3, 0.4) is 0 Å². The summed E-state index contributed by atoms with van der Waals surface area (Å²) in [6.07, 6.45) is 10.0. The molecule has 0 saturated heterocycles. The summed E-state index contributed by atoms with van der Waals surface area (Å²) >= 11 is 0. The van der Waals surface area contributed by atoms with Crippen LogP contribution in [0, 0.1) is 18.3 Å². The van der Waals surface area contributed by atoms with Crippen LogP contribution in [0.15, 0.2) is 30.4 Å². The van der Waals surface area contributed by atoms with Crippen molar-refractivity contribution in [3.05, 3.63) is 41.5 Å². The van der Waals surface area contributed by atoms with Crippen molar-refractivity contribution in [2.45, 2.75) is 59.0 Å². The van der Waals surface area contributed by atoms with Gasteiger partial charge in [-0.15, -0.1) is 0 Å². The van der Waals surface area contributed by atoms with Gasteiger partial charge >= 0.3 is 0 Å². The molecule has 2 aliphatic rings. The molecule has 1 aromatic rings. The molecule has 0 radical (unpaired) electrons. The van der Waals surface area contributed by atoms with Crippen LogP contribution in [0.2, 0.25) is 0 Å². The maximum absolute atomic E-state index is 10.0. The van der Waals surface area contributed by atoms with Crippen molar-refractivity contribution in [3.63, 3.8) is 0 Å². The van der Waals surface area contributed by atoms with Crippen LogP contribution < -0.4 is 4.74 Å². The van der Waals surface area contributed by atoms with Gasteiger partial charge < -0.3 is 9.84 Å². The van der Waals surface area contributed by atoms with Gasteiger partial charge in [0.2, 0.25) is 0 Å². The molecule has 0 amide bonds. The first-order valence-corrected chi connectivity index (χ1v) is 8.73. The summed E-state index contributed by atoms with van der Waals surface area (Å²) in [5.41, 5.74) is 3.58. The number of hydrogen-bond donors (Lipinski definition) is 1. The summed E-state index contributed by atoms with van der Waals surface area (Å²) in [5, 5.41) is 10.0. The quantitative estimate of drug-likeness (QED) is 0.732. The van der Waals surface area contributed by atoms with Crippen molar-refractivity contribution in [2.75, 3.05) is 0 Å². The topological polar surface area (TPSA) is 29.5 Å². The molecule has 1 aliphatic carbocycles. The van der Waals surface area contributed by atoms with Crippen molar-refractivity contribution in [3.8, 4) is 11.5 Å². The molecule has 2 heteroatoms. The third-order valence-corrected chi connectivity index (χ3v) is 5.52. The van der Waals surface area contributed by atoms with Gasteiger partial charge in [-0.2, -0.15) is 0 Å². The molecule has 3 rings (SSSR count). The van der Waals surface area contributed by atoms with Crippen molar-refractivity contribution in [1.82, 2.24) is 0 Å². The van der Waals surface area contributed by atoms with Gasteiger partial charge in [-0.3, -0.25) is 0 Å². The van der Waals surface area contributed by atoms with E-state index in [9.17, 15) is 5.11 Å². The van der Waals surface area contributed by atoms with Crippen LogP contribution in [0.1, 0.15) is 57.1 Å². The first-order chi connectivity index (χ1) is 10.9. The molecular weight excluding hydrogens is 284 g/mol. The minimum Gasteiger partial charge on any atom is -0.507 e. The largest absolute Gasteiger partial charge is 0.507 e. The van der Waals surface area contributed by atoms with Crippen molar-refractivity contribution < 1.29 is 9.84 Å². The van der Waals surface area contributed by atoms with Gasteiger partial charge in [0, 0.05) is 0 Å². The summed E-state index contributed by atoms with van der Waals surface area (Å²) in [5.74, 6) is 1.69. The number of benzene rings is 1. The summed E-state index contributed by atoms with van der Waals surface area (Å²) < 4.78 is 6.11. The van der Waals surface area contributed by atoms with E-state index in [0.29, 0.717) is 17.1 Å². The maximum atomic E-state index is 10.0. The van der Waals surface area contributed by atoms with E-state index in [1.54, 1.807) is 6.07 Å². The second kappa shape index (κ2) is 6.07. The summed E-state index contributed by atoms with van der Waals surface area (Å²) in [4.78, 5) is 0. The normalized spacial score (nSPS) is 25.8. The average Bonchev–Trinajstić information content (AvgIpc) is 2.45. The van der Waals surface area contributed by atoms with Gasteiger partial charge in [-0.1, -0.05) is 26.0 Å². The van der Waals surface area contributed by atoms with Crippen molar-refractivity contribution in [1.29, 1.82) is 0 Å². The third kappa shape index (κ3) is 3.31. The molecule has 2 atom stereocenters. The highest BCUT2D eigenvalue weighted by atomic mass is 16.5. The fraction of sp³-hybridized carbons (Fsp3) is 0.524. The number of phenolic OH excluding ortho intramolecular Hbond substituents is 1. The Hall–Kier alpha value is -1.70. The number of hydrogen-bond acceptors (Lipinski definition) is 2. The summed E-state index contributed by atoms with van der Waals surface area (Å²) in [6.45, 7) is 11.0. The summed E-state index contributed by atoms with van der Waals surface area (Å²) in [6, 6.07) is 3.79. The number of phenols is 1. The predicted octanol–water partition coefficient (Wildman–Crippen LogP) is 5.64. The Bertz CT molecular complexity index is 639.